The SMILES string of the molecule is N[C@H]([C]=O)CCCCNC(=O)[C@@H](N)CCCCNC(=O)COCCOCCNC(=O)COCCOCCNC(=O)CC[C@H](NC(=O)CCCCCCCCCCOc1ccc(C(=O)O)cc1)C(=O)O. The molecule has 3 atom stereocenters. The molecule has 0 aliphatic carbocycles. The number of amides is 5. The Hall–Kier alpha value is -5.26. The van der Waals surface area contributed by atoms with Crippen LogP contribution in [0.4, 0.5) is 0 Å². The number of unbranched alkanes of at least 4 members (excludes halogenated alkanes) is 9. The van der Waals surface area contributed by atoms with Gasteiger partial charge in [-0.15, -0.1) is 0 Å². The standard InChI is InChI=1S/C47H78N7O15/c48-37(33-55)13-8-10-23-53-45(60)39(49)14-9-11-22-50-43(58)34-67-31-30-66-28-25-52-44(59)35-68-32-29-65-27-24-51-41(56)21-20-40(47(63)64)54-42(57)15-7-5-3-1-2-4-6-12-26-69-38-18-16-36(17-19-38)46(61)62/h16-19,37,39-40H,1-15,20-32,34-35,48-49H2,(H,50,58)(H,51,56)(H,52,59)(H,53,60)(H,54,57)(H,61,62)(H,63,64)/t37-,39-,40-/m0/s1. The first-order valence-corrected chi connectivity index (χ1v) is 24.1. The van der Waals surface area contributed by atoms with Gasteiger partial charge in [-0.3, -0.25) is 28.8 Å². The van der Waals surface area contributed by atoms with Crippen molar-refractivity contribution in [2.24, 2.45) is 11.5 Å². The lowest BCUT2D eigenvalue weighted by Gasteiger charge is -2.14. The van der Waals surface area contributed by atoms with Crippen LogP contribution >= 0.6 is 0 Å². The van der Waals surface area contributed by atoms with Gasteiger partial charge in [0.25, 0.3) is 0 Å². The van der Waals surface area contributed by atoms with Crippen LogP contribution in [0, 0.1) is 0 Å². The number of hydrogen-bond donors (Lipinski definition) is 9. The molecular weight excluding hydrogens is 903 g/mol. The van der Waals surface area contributed by atoms with Crippen molar-refractivity contribution in [3.05, 3.63) is 29.8 Å². The lowest BCUT2D eigenvalue weighted by molar-refractivity contribution is -0.142. The van der Waals surface area contributed by atoms with Gasteiger partial charge >= 0.3 is 11.9 Å². The summed E-state index contributed by atoms with van der Waals surface area (Å²) in [4.78, 5) is 93.5. The summed E-state index contributed by atoms with van der Waals surface area (Å²) in [5, 5.41) is 31.8. The Balaban J connectivity index is 1.91. The van der Waals surface area contributed by atoms with Crippen LogP contribution in [0.15, 0.2) is 24.3 Å². The van der Waals surface area contributed by atoms with Crippen LogP contribution in [0.1, 0.15) is 120 Å². The fraction of sp³-hybridized carbons (Fsp3) is 0.702. The minimum absolute atomic E-state index is 0.0532. The number of carboxylic acids is 2. The van der Waals surface area contributed by atoms with Gasteiger partial charge in [0, 0.05) is 39.0 Å². The minimum atomic E-state index is -1.21. The number of rotatable bonds is 46. The number of aromatic carboxylic acids is 1. The summed E-state index contributed by atoms with van der Waals surface area (Å²) in [6.45, 7) is 2.73. The lowest BCUT2D eigenvalue weighted by Crippen LogP contribution is -2.41. The van der Waals surface area contributed by atoms with Crippen molar-refractivity contribution in [3.63, 3.8) is 0 Å². The second-order valence-corrected chi connectivity index (χ2v) is 16.2. The van der Waals surface area contributed by atoms with Crippen LogP contribution in [-0.2, 0) is 52.5 Å². The molecule has 0 aromatic heterocycles. The smallest absolute Gasteiger partial charge is 0.335 e. The molecule has 0 bridgehead atoms. The van der Waals surface area contributed by atoms with Gasteiger partial charge in [-0.2, -0.15) is 0 Å². The molecular formula is C47H78N7O15. The first kappa shape index (κ1) is 61.8. The molecule has 0 aliphatic rings. The first-order valence-electron chi connectivity index (χ1n) is 24.1. The van der Waals surface area contributed by atoms with Crippen LogP contribution in [0.25, 0.3) is 0 Å². The first-order chi connectivity index (χ1) is 33.3. The number of carbonyl (C=O) groups excluding carboxylic acids is 6. The van der Waals surface area contributed by atoms with Crippen LogP contribution in [0.5, 0.6) is 5.75 Å². The van der Waals surface area contributed by atoms with Crippen molar-refractivity contribution >= 4 is 47.8 Å². The highest BCUT2D eigenvalue weighted by molar-refractivity contribution is 5.87. The molecule has 1 rings (SSSR count). The predicted molar refractivity (Wildman–Crippen MR) is 254 cm³/mol. The Morgan fingerprint density at radius 3 is 1.62 bits per heavy atom. The third-order valence-corrected chi connectivity index (χ3v) is 10.3. The highest BCUT2D eigenvalue weighted by Crippen LogP contribution is 2.14. The average Bonchev–Trinajstić information content (AvgIpc) is 3.33. The van der Waals surface area contributed by atoms with E-state index in [0.717, 1.165) is 44.9 Å². The number of carbonyl (C=O) groups is 7. The number of ether oxygens (including phenoxy) is 5. The highest BCUT2D eigenvalue weighted by Gasteiger charge is 2.21. The van der Waals surface area contributed by atoms with Gasteiger partial charge in [-0.05, 0) is 82.1 Å². The normalized spacial score (nSPS) is 12.3. The Morgan fingerprint density at radius 2 is 1.04 bits per heavy atom. The molecule has 22 heteroatoms. The second kappa shape index (κ2) is 41.7. The Morgan fingerprint density at radius 1 is 0.522 bits per heavy atom. The molecule has 0 fully saturated rings. The summed E-state index contributed by atoms with van der Waals surface area (Å²) in [5.74, 6) is -3.13. The summed E-state index contributed by atoms with van der Waals surface area (Å²) in [5.41, 5.74) is 11.6. The van der Waals surface area contributed by atoms with Crippen molar-refractivity contribution in [2.75, 3.05) is 85.6 Å². The Bertz CT molecular complexity index is 1610. The van der Waals surface area contributed by atoms with Gasteiger partial charge in [0.2, 0.25) is 35.8 Å². The molecule has 1 aromatic rings. The largest absolute Gasteiger partial charge is 0.494 e. The van der Waals surface area contributed by atoms with Gasteiger partial charge in [-0.1, -0.05) is 38.5 Å². The van der Waals surface area contributed by atoms with Crippen LogP contribution in [-0.4, -0.2) is 162 Å². The maximum atomic E-state index is 12.4. The van der Waals surface area contributed by atoms with E-state index in [0.29, 0.717) is 70.4 Å². The van der Waals surface area contributed by atoms with E-state index < -0.39 is 30.1 Å². The number of hydrogen-bond acceptors (Lipinski definition) is 15. The maximum absolute atomic E-state index is 12.4. The second-order valence-electron chi connectivity index (χ2n) is 16.2. The van der Waals surface area contributed by atoms with E-state index >= 15 is 0 Å². The topological polar surface area (TPSA) is 335 Å². The molecule has 69 heavy (non-hydrogen) atoms. The molecule has 1 aromatic carbocycles. The van der Waals surface area contributed by atoms with E-state index in [1.54, 1.807) is 18.4 Å². The summed E-state index contributed by atoms with van der Waals surface area (Å²) in [6, 6.07) is 3.92. The van der Waals surface area contributed by atoms with E-state index in [9.17, 15) is 43.5 Å². The maximum Gasteiger partial charge on any atom is 0.335 e. The van der Waals surface area contributed by atoms with Gasteiger partial charge in [-0.25, -0.2) is 9.59 Å². The van der Waals surface area contributed by atoms with Gasteiger partial charge < -0.3 is 71.9 Å². The molecule has 1 radical (unpaired) electrons. The zero-order valence-corrected chi connectivity index (χ0v) is 40.1. The molecule has 0 unspecified atom stereocenters. The number of nitrogens with one attached hydrogen (secondary N) is 5. The Labute approximate surface area is 405 Å². The zero-order valence-electron chi connectivity index (χ0n) is 40.1. The Kier molecular flexibility index (Phi) is 37.3. The molecule has 0 saturated heterocycles. The van der Waals surface area contributed by atoms with Crippen molar-refractivity contribution in [3.8, 4) is 5.75 Å². The van der Waals surface area contributed by atoms with Crippen LogP contribution in [0.3, 0.4) is 0 Å². The van der Waals surface area contributed by atoms with Crippen molar-refractivity contribution < 1.29 is 72.3 Å². The minimum Gasteiger partial charge on any atom is -0.494 e. The van der Waals surface area contributed by atoms with Crippen LogP contribution < -0.4 is 42.8 Å². The summed E-state index contributed by atoms with van der Waals surface area (Å²) >= 11 is 0. The highest BCUT2D eigenvalue weighted by atomic mass is 16.5. The summed E-state index contributed by atoms with van der Waals surface area (Å²) < 4.78 is 27.0. The van der Waals surface area contributed by atoms with E-state index in [1.165, 1.54) is 12.1 Å². The van der Waals surface area contributed by atoms with Crippen molar-refractivity contribution in [1.82, 2.24) is 26.6 Å². The number of aliphatic carboxylic acids is 1. The van der Waals surface area contributed by atoms with E-state index in [-0.39, 0.29) is 120 Å². The third kappa shape index (κ3) is 36.4. The molecule has 0 spiro atoms. The molecule has 391 valence electrons. The van der Waals surface area contributed by atoms with Crippen molar-refractivity contribution in [2.45, 2.75) is 127 Å². The molecule has 0 saturated carbocycles. The summed E-state index contributed by atoms with van der Waals surface area (Å²) in [6.07, 6.45) is 13.0. The van der Waals surface area contributed by atoms with E-state index in [2.05, 4.69) is 26.6 Å². The lowest BCUT2D eigenvalue weighted by atomic mass is 10.1. The molecule has 5 amide bonds. The zero-order chi connectivity index (χ0) is 50.7. The molecule has 11 N–H and O–H groups in total. The summed E-state index contributed by atoms with van der Waals surface area (Å²) in [7, 11) is 0. The van der Waals surface area contributed by atoms with E-state index in [1.807, 2.05) is 0 Å². The molecule has 22 nitrogen and oxygen atoms in total. The van der Waals surface area contributed by atoms with Crippen molar-refractivity contribution in [1.29, 1.82) is 0 Å². The van der Waals surface area contributed by atoms with Gasteiger partial charge in [0.15, 0.2) is 0 Å². The molecule has 0 heterocycles. The van der Waals surface area contributed by atoms with Crippen LogP contribution in [0.2, 0.25) is 0 Å². The number of benzene rings is 1. The quantitative estimate of drug-likeness (QED) is 0.0415. The number of nitrogens with two attached hydrogens (primary N) is 2. The van der Waals surface area contributed by atoms with Gasteiger partial charge in [0.05, 0.1) is 63.9 Å². The average molecular weight is 981 g/mol. The van der Waals surface area contributed by atoms with Gasteiger partial charge in [0.1, 0.15) is 25.0 Å². The predicted octanol–water partition coefficient (Wildman–Crippen LogP) is 1.26. The third-order valence-electron chi connectivity index (χ3n) is 10.3. The fourth-order valence-electron chi connectivity index (χ4n) is 6.36. The molecule has 0 aliphatic heterocycles. The fourth-order valence-corrected chi connectivity index (χ4v) is 6.36. The van der Waals surface area contributed by atoms with E-state index in [4.69, 9.17) is 40.3 Å². The monoisotopic (exact) mass is 981 g/mol. The number of carboxylic acid groups (broad SMARTS) is 2.